The highest BCUT2D eigenvalue weighted by Gasteiger charge is 2.10. The molecule has 114 valence electrons. The van der Waals surface area contributed by atoms with E-state index < -0.39 is 5.91 Å². The van der Waals surface area contributed by atoms with Crippen molar-refractivity contribution in [3.8, 4) is 0 Å². The molecule has 0 bridgehead atoms. The number of anilines is 2. The van der Waals surface area contributed by atoms with Gasteiger partial charge in [0.15, 0.2) is 10.9 Å². The number of furan rings is 1. The maximum absolute atomic E-state index is 11.8. The van der Waals surface area contributed by atoms with E-state index in [1.807, 2.05) is 13.0 Å². The van der Waals surface area contributed by atoms with Crippen molar-refractivity contribution < 1.29 is 14.0 Å². The molecule has 0 radical (unpaired) electrons. The fraction of sp³-hybridized carbons (Fsp3) is 0.133. The van der Waals surface area contributed by atoms with Crippen LogP contribution in [0.2, 0.25) is 0 Å². The number of hydrogen-bond donors (Lipinski definition) is 3. The van der Waals surface area contributed by atoms with E-state index in [1.165, 1.54) is 13.2 Å². The van der Waals surface area contributed by atoms with Crippen LogP contribution in [0.25, 0.3) is 0 Å². The Labute approximate surface area is 132 Å². The van der Waals surface area contributed by atoms with E-state index >= 15 is 0 Å². The van der Waals surface area contributed by atoms with Crippen LogP contribution in [0.3, 0.4) is 0 Å². The van der Waals surface area contributed by atoms with E-state index in [1.54, 1.807) is 24.3 Å². The maximum atomic E-state index is 11.8. The fourth-order valence-corrected chi connectivity index (χ4v) is 1.97. The lowest BCUT2D eigenvalue weighted by molar-refractivity contribution is -0.114. The molecule has 7 heteroatoms. The summed E-state index contributed by atoms with van der Waals surface area (Å²) in [6, 6.07) is 8.53. The maximum Gasteiger partial charge on any atom is 0.293 e. The van der Waals surface area contributed by atoms with Gasteiger partial charge in [-0.3, -0.25) is 14.9 Å². The summed E-state index contributed by atoms with van der Waals surface area (Å²) < 4.78 is 4.98. The molecule has 0 atom stereocenters. The van der Waals surface area contributed by atoms with Crippen molar-refractivity contribution in [2.45, 2.75) is 13.8 Å². The van der Waals surface area contributed by atoms with E-state index in [0.717, 1.165) is 5.56 Å². The summed E-state index contributed by atoms with van der Waals surface area (Å²) in [6.45, 7) is 3.32. The van der Waals surface area contributed by atoms with Crippen LogP contribution in [0.5, 0.6) is 0 Å². The molecule has 3 N–H and O–H groups in total. The van der Waals surface area contributed by atoms with Gasteiger partial charge >= 0.3 is 0 Å². The van der Waals surface area contributed by atoms with Crippen LogP contribution in [0.15, 0.2) is 41.0 Å². The second-order valence-electron chi connectivity index (χ2n) is 4.60. The molecule has 1 heterocycles. The van der Waals surface area contributed by atoms with E-state index in [-0.39, 0.29) is 16.8 Å². The summed E-state index contributed by atoms with van der Waals surface area (Å²) in [6.07, 6.45) is 1.41. The molecule has 0 fully saturated rings. The van der Waals surface area contributed by atoms with Crippen LogP contribution in [0.4, 0.5) is 11.4 Å². The average molecular weight is 317 g/mol. The molecule has 0 aliphatic heterocycles. The zero-order valence-electron chi connectivity index (χ0n) is 12.1. The van der Waals surface area contributed by atoms with E-state index in [4.69, 9.17) is 16.6 Å². The summed E-state index contributed by atoms with van der Waals surface area (Å²) in [5.41, 5.74) is 2.25. The van der Waals surface area contributed by atoms with Crippen LogP contribution >= 0.6 is 12.2 Å². The number of nitrogens with one attached hydrogen (secondary N) is 3. The third-order valence-corrected chi connectivity index (χ3v) is 2.98. The molecule has 0 unspecified atom stereocenters. The van der Waals surface area contributed by atoms with Gasteiger partial charge < -0.3 is 15.1 Å². The number of aryl methyl sites for hydroxylation is 1. The number of benzene rings is 1. The van der Waals surface area contributed by atoms with Crippen molar-refractivity contribution in [2.75, 3.05) is 10.6 Å². The minimum atomic E-state index is -0.434. The van der Waals surface area contributed by atoms with Crippen molar-refractivity contribution in [3.05, 3.63) is 47.9 Å². The predicted octanol–water partition coefficient (Wildman–Crippen LogP) is 2.67. The molecule has 0 aliphatic carbocycles. The zero-order valence-corrected chi connectivity index (χ0v) is 12.9. The summed E-state index contributed by atoms with van der Waals surface area (Å²) in [5.74, 6) is -0.419. The molecular formula is C15H15N3O3S. The molecule has 2 aromatic rings. The number of thiocarbonyl (C=S) groups is 1. The molecule has 0 spiro atoms. The number of carbonyl (C=O) groups is 2. The molecule has 22 heavy (non-hydrogen) atoms. The Bertz CT molecular complexity index is 711. The van der Waals surface area contributed by atoms with Gasteiger partial charge in [-0.25, -0.2) is 0 Å². The monoisotopic (exact) mass is 317 g/mol. The number of amides is 2. The molecule has 2 amide bonds. The zero-order chi connectivity index (χ0) is 16.1. The molecule has 6 nitrogen and oxygen atoms in total. The lowest BCUT2D eigenvalue weighted by Crippen LogP contribution is -2.33. The average Bonchev–Trinajstić information content (AvgIpc) is 2.96. The summed E-state index contributed by atoms with van der Waals surface area (Å²) in [5, 5.41) is 8.25. The minimum Gasteiger partial charge on any atom is -0.459 e. The molecule has 1 aromatic carbocycles. The van der Waals surface area contributed by atoms with E-state index in [2.05, 4.69) is 16.0 Å². The number of carbonyl (C=O) groups excluding carboxylic acids is 2. The first kappa shape index (κ1) is 15.7. The second-order valence-corrected chi connectivity index (χ2v) is 5.00. The van der Waals surface area contributed by atoms with Gasteiger partial charge in [0.25, 0.3) is 5.91 Å². The van der Waals surface area contributed by atoms with Crippen molar-refractivity contribution >= 4 is 40.5 Å². The highest BCUT2D eigenvalue weighted by molar-refractivity contribution is 7.80. The van der Waals surface area contributed by atoms with Gasteiger partial charge in [-0.2, -0.15) is 0 Å². The van der Waals surface area contributed by atoms with Crippen LogP contribution in [-0.4, -0.2) is 16.9 Å². The van der Waals surface area contributed by atoms with Gasteiger partial charge in [-0.15, -0.1) is 0 Å². The molecule has 0 saturated carbocycles. The lowest BCUT2D eigenvalue weighted by atomic mass is 10.2. The number of rotatable bonds is 3. The predicted molar refractivity (Wildman–Crippen MR) is 87.9 cm³/mol. The summed E-state index contributed by atoms with van der Waals surface area (Å²) in [7, 11) is 0. The van der Waals surface area contributed by atoms with Crippen LogP contribution in [0, 0.1) is 6.92 Å². The van der Waals surface area contributed by atoms with Crippen LogP contribution in [0.1, 0.15) is 23.0 Å². The summed E-state index contributed by atoms with van der Waals surface area (Å²) >= 11 is 5.08. The summed E-state index contributed by atoms with van der Waals surface area (Å²) in [4.78, 5) is 22.9. The Hall–Kier alpha value is -2.67. The Morgan fingerprint density at radius 2 is 1.95 bits per heavy atom. The van der Waals surface area contributed by atoms with Crippen molar-refractivity contribution in [2.24, 2.45) is 0 Å². The lowest BCUT2D eigenvalue weighted by Gasteiger charge is -2.12. The molecule has 0 aliphatic rings. The first-order valence-electron chi connectivity index (χ1n) is 6.50. The largest absolute Gasteiger partial charge is 0.459 e. The second kappa shape index (κ2) is 6.86. The van der Waals surface area contributed by atoms with Crippen molar-refractivity contribution in [3.63, 3.8) is 0 Å². The quantitative estimate of drug-likeness (QED) is 0.758. The smallest absolute Gasteiger partial charge is 0.293 e. The van der Waals surface area contributed by atoms with Crippen molar-refractivity contribution in [1.29, 1.82) is 0 Å². The first-order valence-corrected chi connectivity index (χ1v) is 6.90. The SMILES string of the molecule is CC(=O)Nc1cc(NC(=S)NC(=O)c2ccco2)ccc1C. The van der Waals surface area contributed by atoms with Crippen LogP contribution < -0.4 is 16.0 Å². The highest BCUT2D eigenvalue weighted by Crippen LogP contribution is 2.20. The normalized spacial score (nSPS) is 9.91. The Balaban J connectivity index is 2.02. The Kier molecular flexibility index (Phi) is 4.90. The van der Waals surface area contributed by atoms with Gasteiger partial charge in [0.1, 0.15) is 0 Å². The molecule has 0 saturated heterocycles. The number of hydrogen-bond acceptors (Lipinski definition) is 4. The molecular weight excluding hydrogens is 302 g/mol. The van der Waals surface area contributed by atoms with Crippen LogP contribution in [-0.2, 0) is 4.79 Å². The van der Waals surface area contributed by atoms with Gasteiger partial charge in [-0.1, -0.05) is 6.07 Å². The highest BCUT2D eigenvalue weighted by atomic mass is 32.1. The first-order chi connectivity index (χ1) is 10.5. The Morgan fingerprint density at radius 3 is 2.59 bits per heavy atom. The van der Waals surface area contributed by atoms with Gasteiger partial charge in [0.05, 0.1) is 6.26 Å². The third-order valence-electron chi connectivity index (χ3n) is 2.78. The third kappa shape index (κ3) is 4.16. The molecule has 2 rings (SSSR count). The minimum absolute atomic E-state index is 0.138. The Morgan fingerprint density at radius 1 is 1.18 bits per heavy atom. The van der Waals surface area contributed by atoms with Gasteiger partial charge in [0, 0.05) is 18.3 Å². The molecule has 1 aromatic heterocycles. The van der Waals surface area contributed by atoms with E-state index in [0.29, 0.717) is 11.4 Å². The fourth-order valence-electron chi connectivity index (χ4n) is 1.76. The van der Waals surface area contributed by atoms with E-state index in [9.17, 15) is 9.59 Å². The van der Waals surface area contributed by atoms with Crippen molar-refractivity contribution in [1.82, 2.24) is 5.32 Å². The van der Waals surface area contributed by atoms with Gasteiger partial charge in [-0.05, 0) is 49.0 Å². The standard InChI is InChI=1S/C15H15N3O3S/c1-9-5-6-11(8-12(9)16-10(2)19)17-15(22)18-14(20)13-4-3-7-21-13/h3-8H,1-2H3,(H,16,19)(H2,17,18,20,22). The van der Waals surface area contributed by atoms with Gasteiger partial charge in [0.2, 0.25) is 5.91 Å². The topological polar surface area (TPSA) is 83.4 Å².